The maximum Gasteiger partial charge on any atom is 0.268 e. The van der Waals surface area contributed by atoms with Crippen LogP contribution in [0.5, 0.6) is 5.75 Å². The zero-order valence-corrected chi connectivity index (χ0v) is 19.6. The van der Waals surface area contributed by atoms with Gasteiger partial charge in [-0.05, 0) is 43.4 Å². The lowest BCUT2D eigenvalue weighted by Gasteiger charge is -2.32. The molecule has 3 heterocycles. The van der Waals surface area contributed by atoms with Crippen LogP contribution in [0.4, 0.5) is 14.5 Å². The molecule has 6 nitrogen and oxygen atoms in total. The van der Waals surface area contributed by atoms with Gasteiger partial charge in [0.1, 0.15) is 24.0 Å². The monoisotopic (exact) mass is 483 g/mol. The molecule has 2 aliphatic heterocycles. The minimum absolute atomic E-state index is 0.00511. The Morgan fingerprint density at radius 3 is 2.53 bits per heavy atom. The van der Waals surface area contributed by atoms with Gasteiger partial charge >= 0.3 is 0 Å². The largest absolute Gasteiger partial charge is 0.488 e. The lowest BCUT2D eigenvalue weighted by Crippen LogP contribution is -2.47. The quantitative estimate of drug-likeness (QED) is 0.559. The van der Waals surface area contributed by atoms with Crippen molar-refractivity contribution in [3.8, 4) is 16.2 Å². The third-order valence-corrected chi connectivity index (χ3v) is 7.44. The number of carbonyl (C=O) groups excluding carboxylic acids is 2. The van der Waals surface area contributed by atoms with E-state index in [-0.39, 0.29) is 11.6 Å². The molecular formula is C25H23F2N3O3S. The van der Waals surface area contributed by atoms with Crippen LogP contribution in [0.1, 0.15) is 25.6 Å². The average Bonchev–Trinajstić information content (AvgIpc) is 3.28. The van der Waals surface area contributed by atoms with E-state index in [2.05, 4.69) is 4.90 Å². The van der Waals surface area contributed by atoms with Gasteiger partial charge < -0.3 is 19.4 Å². The molecule has 0 spiro atoms. The predicted molar refractivity (Wildman–Crippen MR) is 127 cm³/mol. The maximum atomic E-state index is 14.2. The molecule has 0 radical (unpaired) electrons. The Balaban J connectivity index is 1.43. The fourth-order valence-electron chi connectivity index (χ4n) is 4.21. The minimum atomic E-state index is -0.807. The smallest absolute Gasteiger partial charge is 0.268 e. The lowest BCUT2D eigenvalue weighted by molar-refractivity contribution is 0.0664. The summed E-state index contributed by atoms with van der Waals surface area (Å²) in [5.74, 6) is -1.29. The molecule has 176 valence electrons. The summed E-state index contributed by atoms with van der Waals surface area (Å²) >= 11 is 1.28. The molecule has 2 aromatic carbocycles. The van der Waals surface area contributed by atoms with Gasteiger partial charge in [0.05, 0.1) is 10.6 Å². The number of anilines is 1. The van der Waals surface area contributed by atoms with E-state index in [1.54, 1.807) is 18.2 Å². The van der Waals surface area contributed by atoms with Crippen molar-refractivity contribution in [3.05, 3.63) is 70.1 Å². The zero-order valence-electron chi connectivity index (χ0n) is 18.8. The summed E-state index contributed by atoms with van der Waals surface area (Å²) in [7, 11) is 3.49. The van der Waals surface area contributed by atoms with E-state index in [1.165, 1.54) is 29.4 Å². The molecule has 1 saturated heterocycles. The number of fused-ring (bicyclic) bond motifs is 3. The highest BCUT2D eigenvalue weighted by atomic mass is 32.1. The van der Waals surface area contributed by atoms with E-state index in [0.717, 1.165) is 41.2 Å². The van der Waals surface area contributed by atoms with Gasteiger partial charge in [0.15, 0.2) is 0 Å². The maximum absolute atomic E-state index is 14.2. The second-order valence-corrected chi connectivity index (χ2v) is 9.57. The van der Waals surface area contributed by atoms with Crippen LogP contribution in [0.3, 0.4) is 0 Å². The third-order valence-electron chi connectivity index (χ3n) is 6.24. The van der Waals surface area contributed by atoms with Crippen molar-refractivity contribution >= 4 is 28.8 Å². The fraction of sp³-hybridized carbons (Fsp3) is 0.280. The number of piperazine rings is 1. The third kappa shape index (κ3) is 4.05. The molecule has 34 heavy (non-hydrogen) atoms. The van der Waals surface area contributed by atoms with E-state index in [4.69, 9.17) is 4.74 Å². The Hall–Kier alpha value is -3.30. The van der Waals surface area contributed by atoms with Gasteiger partial charge in [-0.25, -0.2) is 8.78 Å². The molecule has 3 aromatic rings. The molecule has 0 saturated carbocycles. The van der Waals surface area contributed by atoms with Crippen molar-refractivity contribution in [2.45, 2.75) is 6.61 Å². The van der Waals surface area contributed by atoms with Gasteiger partial charge in [-0.3, -0.25) is 9.59 Å². The number of halogens is 2. The molecule has 0 aliphatic carbocycles. The first-order chi connectivity index (χ1) is 16.3. The highest BCUT2D eigenvalue weighted by Gasteiger charge is 2.27. The molecule has 2 aliphatic rings. The molecule has 0 bridgehead atoms. The van der Waals surface area contributed by atoms with Crippen LogP contribution >= 0.6 is 11.3 Å². The van der Waals surface area contributed by atoms with Crippen LogP contribution in [-0.2, 0) is 6.61 Å². The average molecular weight is 484 g/mol. The lowest BCUT2D eigenvalue weighted by atomic mass is 10.0. The summed E-state index contributed by atoms with van der Waals surface area (Å²) in [5.41, 5.74) is 2.17. The molecule has 2 amide bonds. The topological polar surface area (TPSA) is 53.1 Å². The van der Waals surface area contributed by atoms with E-state index in [0.29, 0.717) is 35.9 Å². The van der Waals surface area contributed by atoms with Crippen molar-refractivity contribution in [1.82, 2.24) is 9.80 Å². The standard InChI is InChI=1S/C25H23F2N3O3S/c1-28-7-9-30(10-8-28)24(31)15-3-6-21-18(11-15)23-16(14-33-21)12-22(34-23)25(32)29(2)20-5-4-17(26)13-19(20)27/h3-6,11-13H,7-10,14H2,1-2H3. The van der Waals surface area contributed by atoms with E-state index < -0.39 is 17.5 Å². The Kier molecular flexibility index (Phi) is 5.83. The van der Waals surface area contributed by atoms with Gasteiger partial charge in [0.25, 0.3) is 11.8 Å². The van der Waals surface area contributed by atoms with Crippen LogP contribution in [0, 0.1) is 11.6 Å². The summed E-state index contributed by atoms with van der Waals surface area (Å²) in [5, 5.41) is 0. The normalized spacial score (nSPS) is 15.4. The number of hydrogen-bond donors (Lipinski definition) is 0. The Labute approximate surface area is 200 Å². The van der Waals surface area contributed by atoms with Crippen LogP contribution < -0.4 is 9.64 Å². The van der Waals surface area contributed by atoms with Crippen molar-refractivity contribution < 1.29 is 23.1 Å². The second kappa shape index (κ2) is 8.81. The molecule has 0 N–H and O–H groups in total. The first-order valence-electron chi connectivity index (χ1n) is 10.9. The van der Waals surface area contributed by atoms with Gasteiger partial charge in [0.2, 0.25) is 0 Å². The van der Waals surface area contributed by atoms with Crippen molar-refractivity contribution in [2.75, 3.05) is 45.2 Å². The van der Waals surface area contributed by atoms with Gasteiger partial charge in [-0.1, -0.05) is 0 Å². The number of likely N-dealkylation sites (N-methyl/N-ethyl adjacent to an activating group) is 1. The first-order valence-corrected chi connectivity index (χ1v) is 11.7. The van der Waals surface area contributed by atoms with E-state index >= 15 is 0 Å². The number of carbonyl (C=O) groups is 2. The van der Waals surface area contributed by atoms with Crippen LogP contribution in [0.15, 0.2) is 42.5 Å². The van der Waals surface area contributed by atoms with Crippen molar-refractivity contribution in [2.24, 2.45) is 0 Å². The number of thiophene rings is 1. The van der Waals surface area contributed by atoms with E-state index in [9.17, 15) is 18.4 Å². The van der Waals surface area contributed by atoms with Gasteiger partial charge in [-0.2, -0.15) is 0 Å². The number of nitrogens with zero attached hydrogens (tertiary/aromatic N) is 3. The minimum Gasteiger partial charge on any atom is -0.488 e. The number of benzene rings is 2. The summed E-state index contributed by atoms with van der Waals surface area (Å²) < 4.78 is 33.3. The first kappa shape index (κ1) is 22.5. The molecule has 9 heteroatoms. The van der Waals surface area contributed by atoms with Crippen LogP contribution in [0.25, 0.3) is 10.4 Å². The summed E-state index contributed by atoms with van der Waals surface area (Å²) in [6.45, 7) is 3.33. The Bertz CT molecular complexity index is 1280. The molecule has 5 rings (SSSR count). The molecular weight excluding hydrogens is 460 g/mol. The molecule has 1 fully saturated rings. The molecule has 0 unspecified atom stereocenters. The summed E-state index contributed by atoms with van der Waals surface area (Å²) in [6.07, 6.45) is 0. The predicted octanol–water partition coefficient (Wildman–Crippen LogP) is 4.25. The zero-order chi connectivity index (χ0) is 24.0. The Morgan fingerprint density at radius 1 is 1.03 bits per heavy atom. The Morgan fingerprint density at radius 2 is 1.79 bits per heavy atom. The number of hydrogen-bond acceptors (Lipinski definition) is 5. The second-order valence-electron chi connectivity index (χ2n) is 8.52. The van der Waals surface area contributed by atoms with Crippen LogP contribution in [-0.4, -0.2) is 61.9 Å². The highest BCUT2D eigenvalue weighted by molar-refractivity contribution is 7.17. The van der Waals surface area contributed by atoms with Gasteiger partial charge in [0, 0.05) is 60.9 Å². The summed E-state index contributed by atoms with van der Waals surface area (Å²) in [6, 6.07) is 10.2. The highest BCUT2D eigenvalue weighted by Crippen LogP contribution is 2.43. The van der Waals surface area contributed by atoms with Crippen molar-refractivity contribution in [1.29, 1.82) is 0 Å². The number of ether oxygens (including phenoxy) is 1. The van der Waals surface area contributed by atoms with Gasteiger partial charge in [-0.15, -0.1) is 11.3 Å². The van der Waals surface area contributed by atoms with E-state index in [1.807, 2.05) is 18.0 Å². The number of amides is 2. The SMILES string of the molecule is CN1CCN(C(=O)c2ccc3c(c2)-c2sc(C(=O)N(C)c4ccc(F)cc4F)cc2CO3)CC1. The number of rotatable bonds is 3. The summed E-state index contributed by atoms with van der Waals surface area (Å²) in [4.78, 5) is 32.6. The fourth-order valence-corrected chi connectivity index (χ4v) is 5.37. The molecule has 0 atom stereocenters. The molecule has 1 aromatic heterocycles. The van der Waals surface area contributed by atoms with Crippen LogP contribution in [0.2, 0.25) is 0 Å². The van der Waals surface area contributed by atoms with Crippen molar-refractivity contribution in [3.63, 3.8) is 0 Å².